The fourth-order valence-corrected chi connectivity index (χ4v) is 2.53. The van der Waals surface area contributed by atoms with Gasteiger partial charge < -0.3 is 21.7 Å². The van der Waals surface area contributed by atoms with E-state index in [1.165, 1.54) is 6.07 Å². The molecule has 2 heterocycles. The Hall–Kier alpha value is -2.56. The van der Waals surface area contributed by atoms with Crippen molar-refractivity contribution >= 4 is 45.6 Å². The molecule has 0 saturated heterocycles. The smallest absolute Gasteiger partial charge is 0.697 e. The standard InChI is InChI=1S/C10H7N2O2.C10H10N2.CH2O2.K/c11-7-3-1-2-6-4-5-8(10(13)14)12-9(6)7;1-7-5-6-8-3-2-4-9(11)10(8)12-7;2-1-3;/h1-5,11H,(H,13,14);2-6H,11H2,1H3;1H,(H,2,3);/q-1;;;+1. The summed E-state index contributed by atoms with van der Waals surface area (Å²) in [7, 11) is 0. The molecule has 9 heteroatoms. The Morgan fingerprint density at radius 1 is 0.967 bits per heavy atom. The van der Waals surface area contributed by atoms with E-state index in [0.29, 0.717) is 5.52 Å². The van der Waals surface area contributed by atoms with Crippen LogP contribution in [0.4, 0.5) is 11.4 Å². The minimum atomic E-state index is -1.07. The Balaban J connectivity index is 0.000000260. The van der Waals surface area contributed by atoms with E-state index in [9.17, 15) is 4.79 Å². The van der Waals surface area contributed by atoms with E-state index in [-0.39, 0.29) is 69.2 Å². The molecule has 0 radical (unpaired) electrons. The molecule has 0 fully saturated rings. The number of rotatable bonds is 1. The summed E-state index contributed by atoms with van der Waals surface area (Å²) in [6, 6.07) is 18.1. The van der Waals surface area contributed by atoms with Gasteiger partial charge in [0.25, 0.3) is 6.47 Å². The third-order valence-corrected chi connectivity index (χ3v) is 3.83. The van der Waals surface area contributed by atoms with Crippen molar-refractivity contribution < 1.29 is 71.2 Å². The Kier molecular flexibility index (Phi) is 10.4. The molecule has 4 aromatic rings. The largest absolute Gasteiger partial charge is 1.00 e. The molecule has 2 aromatic heterocycles. The maximum Gasteiger partial charge on any atom is 1.00 e. The normalized spacial score (nSPS) is 9.37. The number of nitrogens with two attached hydrogens (primary N) is 1. The molecule has 148 valence electrons. The SMILES string of the molecule is Cc1ccc2cccc(N)c2n1.O=CO.[K+].[NH-]c1cccc2ccc(C(=O)O)nc12. The van der Waals surface area contributed by atoms with Gasteiger partial charge in [-0.05, 0) is 30.5 Å². The number of fused-ring (bicyclic) bond motifs is 2. The predicted octanol–water partition coefficient (Wildman–Crippen LogP) is 1.45. The first kappa shape index (κ1) is 25.5. The molecule has 0 aliphatic carbocycles. The number of carboxylic acids is 1. The second kappa shape index (κ2) is 12.2. The van der Waals surface area contributed by atoms with Crippen molar-refractivity contribution in [3.05, 3.63) is 77.8 Å². The van der Waals surface area contributed by atoms with Crippen LogP contribution < -0.4 is 57.1 Å². The molecule has 0 bridgehead atoms. The summed E-state index contributed by atoms with van der Waals surface area (Å²) in [6.45, 7) is 1.71. The zero-order valence-electron chi connectivity index (χ0n) is 16.5. The Labute approximate surface area is 215 Å². The van der Waals surface area contributed by atoms with Crippen LogP contribution in [0.1, 0.15) is 16.2 Å². The van der Waals surface area contributed by atoms with E-state index in [1.54, 1.807) is 24.3 Å². The van der Waals surface area contributed by atoms with E-state index in [0.717, 1.165) is 27.7 Å². The number of benzene rings is 2. The van der Waals surface area contributed by atoms with Crippen molar-refractivity contribution in [2.75, 3.05) is 5.73 Å². The third kappa shape index (κ3) is 6.75. The van der Waals surface area contributed by atoms with Gasteiger partial charge in [0, 0.05) is 11.1 Å². The Bertz CT molecular complexity index is 1170. The Morgan fingerprint density at radius 2 is 1.53 bits per heavy atom. The van der Waals surface area contributed by atoms with Crippen molar-refractivity contribution in [3.63, 3.8) is 0 Å². The van der Waals surface area contributed by atoms with Gasteiger partial charge in [-0.2, -0.15) is 0 Å². The minimum absolute atomic E-state index is 0. The summed E-state index contributed by atoms with van der Waals surface area (Å²) < 4.78 is 0. The van der Waals surface area contributed by atoms with E-state index in [4.69, 9.17) is 26.5 Å². The molecular weight excluding hydrogens is 411 g/mol. The van der Waals surface area contributed by atoms with Gasteiger partial charge in [-0.15, -0.1) is 5.69 Å². The minimum Gasteiger partial charge on any atom is -0.697 e. The summed E-state index contributed by atoms with van der Waals surface area (Å²) in [5.74, 6) is -1.07. The number of nitrogens with one attached hydrogen (secondary N) is 1. The average molecular weight is 431 g/mol. The van der Waals surface area contributed by atoms with Crippen LogP contribution in [0, 0.1) is 6.92 Å². The molecule has 0 aliphatic heterocycles. The molecule has 0 atom stereocenters. The molecule has 8 nitrogen and oxygen atoms in total. The van der Waals surface area contributed by atoms with Gasteiger partial charge in [0.2, 0.25) is 0 Å². The monoisotopic (exact) mass is 430 g/mol. The predicted molar refractivity (Wildman–Crippen MR) is 112 cm³/mol. The molecule has 0 unspecified atom stereocenters. The molecule has 2 aromatic carbocycles. The molecule has 0 spiro atoms. The van der Waals surface area contributed by atoms with Crippen LogP contribution >= 0.6 is 0 Å². The van der Waals surface area contributed by atoms with E-state index < -0.39 is 5.97 Å². The van der Waals surface area contributed by atoms with E-state index in [2.05, 4.69) is 9.97 Å². The van der Waals surface area contributed by atoms with Crippen LogP contribution in [0.2, 0.25) is 0 Å². The molecule has 5 N–H and O–H groups in total. The zero-order chi connectivity index (χ0) is 21.4. The number of aromatic carboxylic acids is 1. The van der Waals surface area contributed by atoms with E-state index in [1.807, 2.05) is 37.3 Å². The number of nitrogens with zero attached hydrogens (tertiary/aromatic N) is 2. The number of hydrogen-bond acceptors (Lipinski definition) is 5. The average Bonchev–Trinajstić information content (AvgIpc) is 2.70. The Morgan fingerprint density at radius 3 is 2.17 bits per heavy atom. The first-order valence-corrected chi connectivity index (χ1v) is 8.41. The fraction of sp³-hybridized carbons (Fsp3) is 0.0476. The summed E-state index contributed by atoms with van der Waals surface area (Å²) in [5, 5.41) is 17.5. The molecular formula is C21H19KN4O4. The van der Waals surface area contributed by atoms with Gasteiger partial charge in [-0.1, -0.05) is 42.5 Å². The van der Waals surface area contributed by atoms with Gasteiger partial charge >= 0.3 is 57.4 Å². The van der Waals surface area contributed by atoms with Crippen LogP contribution in [0.3, 0.4) is 0 Å². The summed E-state index contributed by atoms with van der Waals surface area (Å²) in [6.07, 6.45) is 0. The number of para-hydroxylation sites is 2. The maximum absolute atomic E-state index is 10.6. The summed E-state index contributed by atoms with van der Waals surface area (Å²) in [4.78, 5) is 27.2. The quantitative estimate of drug-likeness (QED) is 0.235. The van der Waals surface area contributed by atoms with Crippen molar-refractivity contribution in [1.29, 1.82) is 0 Å². The van der Waals surface area contributed by atoms with Gasteiger partial charge in [0.1, 0.15) is 5.69 Å². The first-order chi connectivity index (χ1) is 13.9. The molecule has 30 heavy (non-hydrogen) atoms. The number of hydrogen-bond donors (Lipinski definition) is 3. The van der Waals surface area contributed by atoms with Crippen molar-refractivity contribution in [3.8, 4) is 0 Å². The van der Waals surface area contributed by atoms with Crippen LogP contribution in [0.5, 0.6) is 0 Å². The molecule has 0 amide bonds. The second-order valence-electron chi connectivity index (χ2n) is 5.86. The molecule has 0 aliphatic rings. The summed E-state index contributed by atoms with van der Waals surface area (Å²) in [5.41, 5.74) is 16.6. The number of carboxylic acid groups (broad SMARTS) is 2. The number of aromatic nitrogens is 2. The van der Waals surface area contributed by atoms with Crippen molar-refractivity contribution in [2.45, 2.75) is 6.92 Å². The van der Waals surface area contributed by atoms with Gasteiger partial charge in [-0.3, -0.25) is 9.78 Å². The third-order valence-electron chi connectivity index (χ3n) is 3.83. The number of nitrogen functional groups attached to an aromatic ring is 1. The van der Waals surface area contributed by atoms with Crippen LogP contribution in [0.15, 0.2) is 60.7 Å². The number of pyridine rings is 2. The van der Waals surface area contributed by atoms with Gasteiger partial charge in [0.15, 0.2) is 0 Å². The van der Waals surface area contributed by atoms with Crippen LogP contribution in [-0.2, 0) is 4.79 Å². The van der Waals surface area contributed by atoms with Gasteiger partial charge in [-0.25, -0.2) is 9.78 Å². The number of aryl methyl sites for hydroxylation is 1. The topological polar surface area (TPSA) is 150 Å². The van der Waals surface area contributed by atoms with Crippen molar-refractivity contribution in [1.82, 2.24) is 9.97 Å². The second-order valence-corrected chi connectivity index (χ2v) is 5.86. The fourth-order valence-electron chi connectivity index (χ4n) is 2.53. The first-order valence-electron chi connectivity index (χ1n) is 8.41. The van der Waals surface area contributed by atoms with Crippen LogP contribution in [-0.4, -0.2) is 32.6 Å². The molecule has 4 rings (SSSR count). The van der Waals surface area contributed by atoms with Crippen molar-refractivity contribution in [2.24, 2.45) is 0 Å². The zero-order valence-corrected chi connectivity index (χ0v) is 19.7. The molecule has 0 saturated carbocycles. The maximum atomic E-state index is 10.6. The van der Waals surface area contributed by atoms with E-state index >= 15 is 0 Å². The van der Waals surface area contributed by atoms with Crippen LogP contribution in [0.25, 0.3) is 27.5 Å². The number of anilines is 1. The van der Waals surface area contributed by atoms with Gasteiger partial charge in [0.05, 0.1) is 16.7 Å². The summed E-state index contributed by atoms with van der Waals surface area (Å²) >= 11 is 0. The number of carbonyl (C=O) groups is 2.